The number of halogens is 1. The molecule has 2 aromatic carbocycles. The van der Waals surface area contributed by atoms with Crippen LogP contribution >= 0.6 is 11.6 Å². The van der Waals surface area contributed by atoms with Crippen molar-refractivity contribution in [2.75, 3.05) is 25.6 Å². The number of fused-ring (bicyclic) bond motifs is 2. The molecule has 4 heterocycles. The van der Waals surface area contributed by atoms with Crippen LogP contribution in [0.15, 0.2) is 58.4 Å². The quantitative estimate of drug-likeness (QED) is 0.231. The molecule has 248 valence electrons. The lowest BCUT2D eigenvalue weighted by Gasteiger charge is -2.31. The number of ether oxygens (including phenoxy) is 2. The smallest absolute Gasteiger partial charge is 0.332 e. The van der Waals surface area contributed by atoms with E-state index in [0.29, 0.717) is 35.6 Å². The number of aromatic nitrogens is 5. The summed E-state index contributed by atoms with van der Waals surface area (Å²) in [5, 5.41) is 18.1. The summed E-state index contributed by atoms with van der Waals surface area (Å²) in [7, 11) is 4.63. The normalized spacial score (nSPS) is 19.0. The summed E-state index contributed by atoms with van der Waals surface area (Å²) in [5.74, 6) is 0.841. The van der Waals surface area contributed by atoms with Gasteiger partial charge in [-0.15, -0.1) is 0 Å². The zero-order valence-electron chi connectivity index (χ0n) is 27.1. The van der Waals surface area contributed by atoms with Crippen molar-refractivity contribution in [3.8, 4) is 28.3 Å². The van der Waals surface area contributed by atoms with E-state index >= 15 is 0 Å². The molecule has 48 heavy (non-hydrogen) atoms. The summed E-state index contributed by atoms with van der Waals surface area (Å²) in [5.41, 5.74) is 6.24. The van der Waals surface area contributed by atoms with Crippen molar-refractivity contribution in [2.45, 2.75) is 44.4 Å². The molecular weight excluding hydrogens is 634 g/mol. The first kappa shape index (κ1) is 32.0. The molecule has 0 unspecified atom stereocenters. The third-order valence-corrected chi connectivity index (χ3v) is 9.89. The summed E-state index contributed by atoms with van der Waals surface area (Å²) >= 11 is 7.18. The molecule has 0 radical (unpaired) electrons. The number of rotatable bonds is 7. The first-order valence-corrected chi connectivity index (χ1v) is 16.2. The van der Waals surface area contributed by atoms with E-state index in [1.807, 2.05) is 43.3 Å². The van der Waals surface area contributed by atoms with Gasteiger partial charge in [-0.25, -0.2) is 19.7 Å². The molecule has 3 atom stereocenters. The predicted octanol–water partition coefficient (Wildman–Crippen LogP) is 4.20. The maximum atomic E-state index is 13.1. The van der Waals surface area contributed by atoms with Crippen LogP contribution < -0.4 is 26.6 Å². The first-order chi connectivity index (χ1) is 23.2. The number of aryl methyl sites for hydroxylation is 2. The van der Waals surface area contributed by atoms with E-state index in [0.717, 1.165) is 62.9 Å². The van der Waals surface area contributed by atoms with Crippen LogP contribution in [0, 0.1) is 6.92 Å². The number of pyridine rings is 1. The van der Waals surface area contributed by atoms with Crippen molar-refractivity contribution in [1.82, 2.24) is 29.4 Å². The molecule has 1 aliphatic carbocycles. The van der Waals surface area contributed by atoms with Gasteiger partial charge in [0.05, 0.1) is 30.5 Å². The number of aliphatic hydroxyl groups is 1. The Morgan fingerprint density at radius 3 is 2.60 bits per heavy atom. The van der Waals surface area contributed by atoms with Crippen molar-refractivity contribution in [3.63, 3.8) is 0 Å². The predicted molar refractivity (Wildman–Crippen MR) is 184 cm³/mol. The minimum atomic E-state index is -0.553. The number of benzene rings is 2. The maximum Gasteiger partial charge on any atom is 0.332 e. The molecule has 1 saturated heterocycles. The largest absolute Gasteiger partial charge is 0.481 e. The Hall–Kier alpha value is -4.62. The summed E-state index contributed by atoms with van der Waals surface area (Å²) in [6, 6.07) is 13.7. The lowest BCUT2D eigenvalue weighted by molar-refractivity contribution is -0.0304. The fourth-order valence-electron chi connectivity index (χ4n) is 6.86. The molecule has 0 amide bonds. The molecule has 3 N–H and O–H groups in total. The SMILES string of the molecule is COc1nc(-c2cccc(-c3cccc(Nc4ncnc5c4c(=O)n(C)c(=O)n5C)c3C)c2Cl)cc2c1[C@@H](N[C@@H]1CCOC[C@@H]1O)CC2. The van der Waals surface area contributed by atoms with Crippen LogP contribution in [0.3, 0.4) is 0 Å². The van der Waals surface area contributed by atoms with Crippen LogP contribution in [0.5, 0.6) is 5.88 Å². The van der Waals surface area contributed by atoms with Gasteiger partial charge in [0.2, 0.25) is 5.88 Å². The van der Waals surface area contributed by atoms with Crippen LogP contribution in [0.25, 0.3) is 33.4 Å². The number of hydrogen-bond acceptors (Lipinski definition) is 10. The highest BCUT2D eigenvalue weighted by atomic mass is 35.5. The Kier molecular flexibility index (Phi) is 8.50. The Labute approximate surface area is 281 Å². The Morgan fingerprint density at radius 1 is 1.04 bits per heavy atom. The highest BCUT2D eigenvalue weighted by molar-refractivity contribution is 6.36. The molecule has 12 nitrogen and oxygen atoms in total. The molecule has 0 bridgehead atoms. The van der Waals surface area contributed by atoms with Gasteiger partial charge in [0.1, 0.15) is 17.5 Å². The van der Waals surface area contributed by atoms with Gasteiger partial charge in [0.25, 0.3) is 5.56 Å². The summed E-state index contributed by atoms with van der Waals surface area (Å²) in [6.45, 7) is 2.92. The average molecular weight is 670 g/mol. The van der Waals surface area contributed by atoms with Gasteiger partial charge in [-0.1, -0.05) is 41.9 Å². The Morgan fingerprint density at radius 2 is 1.81 bits per heavy atom. The summed E-state index contributed by atoms with van der Waals surface area (Å²) in [4.78, 5) is 39.1. The van der Waals surface area contributed by atoms with Crippen LogP contribution in [-0.4, -0.2) is 61.7 Å². The molecule has 3 aromatic heterocycles. The highest BCUT2D eigenvalue weighted by Gasteiger charge is 2.33. The average Bonchev–Trinajstić information content (AvgIpc) is 3.50. The topological polar surface area (TPSA) is 145 Å². The third-order valence-electron chi connectivity index (χ3n) is 9.48. The maximum absolute atomic E-state index is 13.1. The van der Waals surface area contributed by atoms with Crippen molar-refractivity contribution in [1.29, 1.82) is 0 Å². The fourth-order valence-corrected chi connectivity index (χ4v) is 7.19. The number of hydrogen-bond donors (Lipinski definition) is 3. The lowest BCUT2D eigenvalue weighted by Crippen LogP contribution is -2.47. The van der Waals surface area contributed by atoms with Crippen molar-refractivity contribution >= 4 is 34.1 Å². The number of nitrogens with one attached hydrogen (secondary N) is 2. The van der Waals surface area contributed by atoms with E-state index in [4.69, 9.17) is 26.1 Å². The molecule has 13 heteroatoms. The van der Waals surface area contributed by atoms with Crippen LogP contribution in [0.1, 0.15) is 35.6 Å². The minimum absolute atomic E-state index is 0.0195. The van der Waals surface area contributed by atoms with Gasteiger partial charge < -0.3 is 25.2 Å². The second kappa shape index (κ2) is 12.8. The molecule has 0 saturated carbocycles. The van der Waals surface area contributed by atoms with Crippen LogP contribution in [0.4, 0.5) is 11.5 Å². The van der Waals surface area contributed by atoms with Gasteiger partial charge in [0, 0.05) is 55.2 Å². The third kappa shape index (κ3) is 5.44. The summed E-state index contributed by atoms with van der Waals surface area (Å²) < 4.78 is 13.6. The standard InChI is InChI=1S/C35H36ClN7O5/c1-18-20(7-6-10-23(18)40-31-29-32(38-17-37-31)42(2)35(46)43(3)34(29)45)21-8-5-9-22(30(21)36)26-15-19-11-12-25(28(19)33(41-26)47-4)39-24-13-14-48-16-27(24)44/h5-10,15,17,24-25,27,39,44H,11-14,16H2,1-4H3,(H,37,38,40)/t24-,25+,27+/m1/s1. The zero-order valence-corrected chi connectivity index (χ0v) is 27.8. The Balaban J connectivity index is 1.24. The van der Waals surface area contributed by atoms with Gasteiger partial charge in [-0.2, -0.15) is 0 Å². The van der Waals surface area contributed by atoms with E-state index in [1.54, 1.807) is 14.2 Å². The van der Waals surface area contributed by atoms with E-state index < -0.39 is 17.4 Å². The monoisotopic (exact) mass is 669 g/mol. The zero-order chi connectivity index (χ0) is 33.7. The fraction of sp³-hybridized carbons (Fsp3) is 0.343. The van der Waals surface area contributed by atoms with Gasteiger partial charge in [0.15, 0.2) is 5.65 Å². The molecule has 1 fully saturated rings. The number of anilines is 2. The number of methoxy groups -OCH3 is 1. The lowest BCUT2D eigenvalue weighted by atomic mass is 9.96. The molecule has 5 aromatic rings. The van der Waals surface area contributed by atoms with Crippen LogP contribution in [0.2, 0.25) is 5.02 Å². The molecule has 1 aliphatic heterocycles. The number of nitrogens with zero attached hydrogens (tertiary/aromatic N) is 5. The van der Waals surface area contributed by atoms with Gasteiger partial charge >= 0.3 is 5.69 Å². The van der Waals surface area contributed by atoms with E-state index in [1.165, 1.54) is 17.9 Å². The second-order valence-electron chi connectivity index (χ2n) is 12.3. The highest BCUT2D eigenvalue weighted by Crippen LogP contribution is 2.43. The second-order valence-corrected chi connectivity index (χ2v) is 12.7. The number of aliphatic hydroxyl groups excluding tert-OH is 1. The van der Waals surface area contributed by atoms with E-state index in [2.05, 4.69) is 26.7 Å². The summed E-state index contributed by atoms with van der Waals surface area (Å²) in [6.07, 6.45) is 3.24. The van der Waals surface area contributed by atoms with E-state index in [9.17, 15) is 14.7 Å². The minimum Gasteiger partial charge on any atom is -0.481 e. The Bertz CT molecular complexity index is 2180. The van der Waals surface area contributed by atoms with Crippen molar-refractivity contribution in [3.05, 3.63) is 91.3 Å². The molecular formula is C35H36ClN7O5. The van der Waals surface area contributed by atoms with Crippen molar-refractivity contribution < 1.29 is 14.6 Å². The van der Waals surface area contributed by atoms with Gasteiger partial charge in [-0.3, -0.25) is 13.9 Å². The van der Waals surface area contributed by atoms with E-state index in [-0.39, 0.29) is 23.1 Å². The van der Waals surface area contributed by atoms with Gasteiger partial charge in [-0.05, 0) is 55.0 Å². The van der Waals surface area contributed by atoms with Crippen LogP contribution in [-0.2, 0) is 25.3 Å². The van der Waals surface area contributed by atoms with Crippen molar-refractivity contribution in [2.24, 2.45) is 14.1 Å². The molecule has 0 spiro atoms. The first-order valence-electron chi connectivity index (χ1n) is 15.8. The molecule has 7 rings (SSSR count). The molecule has 2 aliphatic rings.